The Morgan fingerprint density at radius 3 is 2.00 bits per heavy atom. The summed E-state index contributed by atoms with van der Waals surface area (Å²) in [4.78, 5) is 19.9. The van der Waals surface area contributed by atoms with Gasteiger partial charge in [-0.25, -0.2) is 10.3 Å². The number of hydrogen-bond donors (Lipinski definition) is 4. The van der Waals surface area contributed by atoms with E-state index in [1.807, 2.05) is 48.5 Å². The second-order valence-corrected chi connectivity index (χ2v) is 8.75. The highest BCUT2D eigenvalue weighted by Crippen LogP contribution is 2.41. The second-order valence-electron chi connectivity index (χ2n) is 8.31. The van der Waals surface area contributed by atoms with Crippen LogP contribution < -0.4 is 10.8 Å². The van der Waals surface area contributed by atoms with Crippen LogP contribution in [0.25, 0.3) is 17.2 Å². The van der Waals surface area contributed by atoms with Gasteiger partial charge in [-0.05, 0) is 52.4 Å². The number of nitrogens with one attached hydrogen (secondary N) is 2. The maximum Gasteiger partial charge on any atom is 0.490 e. The van der Waals surface area contributed by atoms with E-state index in [1.54, 1.807) is 11.6 Å². The standard InChI is InChI=1S/C25H23ClN2O2.C2HF3O2/c26-22-12-10-20(11-13-22)19-6-8-21(9-7-19)23-15-24(23)27-16-18-3-1-17(2-4-18)5-14-25(29)28-30;3-2(4,5)1(6)7/h1-14,23-24,27,30H,15-16H2,(H,28,29);(H,6,7)/b14-5+;. The summed E-state index contributed by atoms with van der Waals surface area (Å²) in [6.07, 6.45) is -0.981. The first-order valence-corrected chi connectivity index (χ1v) is 11.5. The summed E-state index contributed by atoms with van der Waals surface area (Å²) in [5.41, 5.74) is 7.42. The van der Waals surface area contributed by atoms with Crippen LogP contribution in [0.1, 0.15) is 29.0 Å². The Morgan fingerprint density at radius 1 is 0.946 bits per heavy atom. The molecule has 10 heteroatoms. The van der Waals surface area contributed by atoms with Gasteiger partial charge in [-0.15, -0.1) is 0 Å². The van der Waals surface area contributed by atoms with Crippen LogP contribution >= 0.6 is 11.6 Å². The third kappa shape index (κ3) is 8.75. The summed E-state index contributed by atoms with van der Waals surface area (Å²) in [6.45, 7) is 0.811. The minimum absolute atomic E-state index is 0.499. The van der Waals surface area contributed by atoms with Gasteiger partial charge in [0.05, 0.1) is 0 Å². The van der Waals surface area contributed by atoms with Gasteiger partial charge in [-0.3, -0.25) is 10.0 Å². The summed E-state index contributed by atoms with van der Waals surface area (Å²) in [7, 11) is 0. The van der Waals surface area contributed by atoms with Gasteiger partial charge in [-0.1, -0.05) is 72.3 Å². The van der Waals surface area contributed by atoms with E-state index < -0.39 is 18.1 Å². The molecule has 2 unspecified atom stereocenters. The molecule has 0 saturated heterocycles. The predicted molar refractivity (Wildman–Crippen MR) is 134 cm³/mol. The first kappa shape index (κ1) is 27.9. The lowest BCUT2D eigenvalue weighted by molar-refractivity contribution is -0.192. The van der Waals surface area contributed by atoms with Crippen LogP contribution in [0, 0.1) is 0 Å². The number of carboxylic acids is 1. The Labute approximate surface area is 216 Å². The molecule has 0 radical (unpaired) electrons. The third-order valence-electron chi connectivity index (χ3n) is 5.63. The number of rotatable bonds is 7. The Kier molecular flexibility index (Phi) is 9.46. The van der Waals surface area contributed by atoms with Gasteiger partial charge in [0.25, 0.3) is 5.91 Å². The molecule has 1 amide bonds. The molecule has 2 atom stereocenters. The van der Waals surface area contributed by atoms with Gasteiger partial charge in [0.1, 0.15) is 0 Å². The van der Waals surface area contributed by atoms with E-state index >= 15 is 0 Å². The van der Waals surface area contributed by atoms with Crippen LogP contribution in [-0.2, 0) is 16.1 Å². The van der Waals surface area contributed by atoms with Crippen LogP contribution in [-0.4, -0.2) is 34.4 Å². The number of carbonyl (C=O) groups is 2. The van der Waals surface area contributed by atoms with Crippen molar-refractivity contribution in [3.63, 3.8) is 0 Å². The van der Waals surface area contributed by atoms with E-state index in [4.69, 9.17) is 26.7 Å². The fourth-order valence-corrected chi connectivity index (χ4v) is 3.68. The minimum atomic E-state index is -5.08. The van der Waals surface area contributed by atoms with Crippen molar-refractivity contribution in [2.24, 2.45) is 0 Å². The van der Waals surface area contributed by atoms with E-state index in [0.29, 0.717) is 12.0 Å². The highest BCUT2D eigenvalue weighted by atomic mass is 35.5. The third-order valence-corrected chi connectivity index (χ3v) is 5.89. The van der Waals surface area contributed by atoms with Gasteiger partial charge in [0, 0.05) is 29.6 Å². The van der Waals surface area contributed by atoms with Gasteiger partial charge in [-0.2, -0.15) is 13.2 Å². The first-order valence-electron chi connectivity index (χ1n) is 11.2. The van der Waals surface area contributed by atoms with E-state index in [1.165, 1.54) is 28.3 Å². The maximum atomic E-state index is 11.0. The van der Waals surface area contributed by atoms with Gasteiger partial charge in [0.15, 0.2) is 0 Å². The monoisotopic (exact) mass is 532 g/mol. The Balaban J connectivity index is 0.000000479. The topological polar surface area (TPSA) is 98.7 Å². The lowest BCUT2D eigenvalue weighted by Gasteiger charge is -2.07. The molecule has 0 aliphatic heterocycles. The quantitative estimate of drug-likeness (QED) is 0.175. The summed E-state index contributed by atoms with van der Waals surface area (Å²) >= 11 is 5.97. The van der Waals surface area contributed by atoms with E-state index in [0.717, 1.165) is 23.6 Å². The Morgan fingerprint density at radius 2 is 1.49 bits per heavy atom. The molecule has 4 N–H and O–H groups in total. The zero-order valence-electron chi connectivity index (χ0n) is 19.4. The molecule has 0 spiro atoms. The molecule has 1 aliphatic carbocycles. The predicted octanol–water partition coefficient (Wildman–Crippen LogP) is 5.80. The molecule has 0 heterocycles. The summed E-state index contributed by atoms with van der Waals surface area (Å²) in [5, 5.41) is 20.0. The number of hydroxylamine groups is 1. The van der Waals surface area contributed by atoms with E-state index in [9.17, 15) is 18.0 Å². The maximum absolute atomic E-state index is 11.0. The summed E-state index contributed by atoms with van der Waals surface area (Å²) in [6, 6.07) is 25.2. The summed E-state index contributed by atoms with van der Waals surface area (Å²) < 4.78 is 31.7. The van der Waals surface area contributed by atoms with Crippen molar-refractivity contribution < 1.29 is 33.1 Å². The van der Waals surface area contributed by atoms with Crippen molar-refractivity contribution in [1.29, 1.82) is 0 Å². The van der Waals surface area contributed by atoms with Crippen molar-refractivity contribution >= 4 is 29.6 Å². The molecular weight excluding hydrogens is 509 g/mol. The zero-order valence-corrected chi connectivity index (χ0v) is 20.1. The first-order chi connectivity index (χ1) is 17.6. The molecule has 6 nitrogen and oxygen atoms in total. The average molecular weight is 533 g/mol. The zero-order chi connectivity index (χ0) is 27.0. The average Bonchev–Trinajstić information content (AvgIpc) is 3.67. The second kappa shape index (κ2) is 12.5. The fraction of sp³-hybridized carbons (Fsp3) is 0.185. The minimum Gasteiger partial charge on any atom is -0.475 e. The molecule has 37 heavy (non-hydrogen) atoms. The Bertz CT molecular complexity index is 1230. The van der Waals surface area contributed by atoms with Crippen molar-refractivity contribution in [2.45, 2.75) is 31.1 Å². The van der Waals surface area contributed by atoms with Crippen LogP contribution in [0.2, 0.25) is 5.02 Å². The van der Waals surface area contributed by atoms with Gasteiger partial charge in [0.2, 0.25) is 0 Å². The van der Waals surface area contributed by atoms with E-state index in [-0.39, 0.29) is 0 Å². The van der Waals surface area contributed by atoms with Crippen molar-refractivity contribution in [3.8, 4) is 11.1 Å². The molecule has 3 aromatic rings. The number of carboxylic acid groups (broad SMARTS) is 1. The number of amides is 1. The highest BCUT2D eigenvalue weighted by molar-refractivity contribution is 6.30. The molecule has 1 aliphatic rings. The molecular formula is C27H24ClF3N2O4. The molecule has 1 fully saturated rings. The van der Waals surface area contributed by atoms with Gasteiger partial charge < -0.3 is 10.4 Å². The molecule has 0 aromatic heterocycles. The number of alkyl halides is 3. The van der Waals surface area contributed by atoms with Crippen LogP contribution in [0.5, 0.6) is 0 Å². The number of hydrogen-bond acceptors (Lipinski definition) is 4. The van der Waals surface area contributed by atoms with Crippen LogP contribution in [0.3, 0.4) is 0 Å². The lowest BCUT2D eigenvalue weighted by atomic mass is 10.0. The molecule has 194 valence electrons. The SMILES string of the molecule is O=C(/C=C/c1ccc(CNC2CC2c2ccc(-c3ccc(Cl)cc3)cc2)cc1)NO.O=C(O)C(F)(F)F. The fourth-order valence-electron chi connectivity index (χ4n) is 3.56. The van der Waals surface area contributed by atoms with Gasteiger partial charge >= 0.3 is 12.1 Å². The highest BCUT2D eigenvalue weighted by Gasteiger charge is 2.38. The van der Waals surface area contributed by atoms with Crippen molar-refractivity contribution in [3.05, 3.63) is 101 Å². The number of aliphatic carboxylic acids is 1. The van der Waals surface area contributed by atoms with Crippen LogP contribution in [0.4, 0.5) is 13.2 Å². The number of carbonyl (C=O) groups excluding carboxylic acids is 1. The number of halogens is 4. The molecule has 4 rings (SSSR count). The molecule has 0 bridgehead atoms. The summed E-state index contributed by atoms with van der Waals surface area (Å²) in [5.74, 6) is -2.74. The normalized spacial score (nSPS) is 16.6. The van der Waals surface area contributed by atoms with Crippen LogP contribution in [0.15, 0.2) is 78.9 Å². The van der Waals surface area contributed by atoms with E-state index in [2.05, 4.69) is 29.6 Å². The smallest absolute Gasteiger partial charge is 0.475 e. The molecule has 1 saturated carbocycles. The lowest BCUT2D eigenvalue weighted by Crippen LogP contribution is -2.21. The Hall–Kier alpha value is -3.66. The van der Waals surface area contributed by atoms with Crippen molar-refractivity contribution in [2.75, 3.05) is 0 Å². The van der Waals surface area contributed by atoms with Crippen molar-refractivity contribution in [1.82, 2.24) is 10.8 Å². The largest absolute Gasteiger partial charge is 0.490 e. The molecule has 3 aromatic carbocycles. The number of benzene rings is 3.